The van der Waals surface area contributed by atoms with E-state index in [2.05, 4.69) is 15.8 Å². The Bertz CT molecular complexity index is 839. The number of methoxy groups -OCH3 is 1. The molecule has 0 atom stereocenters. The summed E-state index contributed by atoms with van der Waals surface area (Å²) >= 11 is 5.96. The molecule has 0 spiro atoms. The first-order valence-corrected chi connectivity index (χ1v) is 8.60. The Hall–Kier alpha value is -3.06. The highest BCUT2D eigenvalue weighted by Crippen LogP contribution is 2.25. The predicted molar refractivity (Wildman–Crippen MR) is 103 cm³/mol. The lowest BCUT2D eigenvalue weighted by Gasteiger charge is -2.06. The molecule has 0 aliphatic heterocycles. The molecule has 3 N–H and O–H groups in total. The largest absolute Gasteiger partial charge is 0.504 e. The number of nitrogens with zero attached hydrogens (tertiary/aromatic N) is 1. The Morgan fingerprint density at radius 2 is 2.04 bits per heavy atom. The summed E-state index contributed by atoms with van der Waals surface area (Å²) in [5.74, 6) is -0.207. The van der Waals surface area contributed by atoms with Crippen LogP contribution in [0.2, 0.25) is 5.02 Å². The second-order valence-electron chi connectivity index (χ2n) is 5.56. The molecular formula is C19H20ClN3O4. The molecular weight excluding hydrogens is 370 g/mol. The van der Waals surface area contributed by atoms with Crippen LogP contribution in [-0.2, 0) is 4.79 Å². The van der Waals surface area contributed by atoms with Crippen LogP contribution in [0.3, 0.4) is 0 Å². The van der Waals surface area contributed by atoms with Gasteiger partial charge >= 0.3 is 0 Å². The first kappa shape index (κ1) is 20.3. The fraction of sp³-hybridized carbons (Fsp3) is 0.211. The van der Waals surface area contributed by atoms with E-state index < -0.39 is 0 Å². The third-order valence-corrected chi connectivity index (χ3v) is 3.92. The van der Waals surface area contributed by atoms with Crippen LogP contribution in [0.15, 0.2) is 47.6 Å². The molecule has 2 amide bonds. The van der Waals surface area contributed by atoms with Crippen molar-refractivity contribution in [1.29, 1.82) is 0 Å². The average Bonchev–Trinajstić information content (AvgIpc) is 2.66. The van der Waals surface area contributed by atoms with Gasteiger partial charge in [-0.15, -0.1) is 0 Å². The van der Waals surface area contributed by atoms with Crippen molar-refractivity contribution in [2.24, 2.45) is 5.10 Å². The molecule has 0 heterocycles. The zero-order valence-electron chi connectivity index (χ0n) is 14.7. The second kappa shape index (κ2) is 10.2. The number of aromatic hydroxyl groups is 1. The molecule has 0 aromatic heterocycles. The number of nitrogens with one attached hydrogen (secondary N) is 2. The van der Waals surface area contributed by atoms with Gasteiger partial charge in [0, 0.05) is 13.0 Å². The SMILES string of the molecule is COc1cc(/C=N/NC(=O)CCCNC(=O)c2ccccc2Cl)ccc1O. The van der Waals surface area contributed by atoms with Gasteiger partial charge in [0.1, 0.15) is 0 Å². The summed E-state index contributed by atoms with van der Waals surface area (Å²) in [6.07, 6.45) is 2.11. The molecule has 2 aromatic carbocycles. The summed E-state index contributed by atoms with van der Waals surface area (Å²) in [5, 5.41) is 16.5. The van der Waals surface area contributed by atoms with E-state index >= 15 is 0 Å². The van der Waals surface area contributed by atoms with E-state index in [0.29, 0.717) is 34.9 Å². The van der Waals surface area contributed by atoms with Crippen molar-refractivity contribution in [3.63, 3.8) is 0 Å². The normalized spacial score (nSPS) is 10.6. The minimum absolute atomic E-state index is 0.0255. The van der Waals surface area contributed by atoms with Crippen molar-refractivity contribution in [2.75, 3.05) is 13.7 Å². The number of ether oxygens (including phenoxy) is 1. The summed E-state index contributed by atoms with van der Waals surface area (Å²) in [4.78, 5) is 23.7. The van der Waals surface area contributed by atoms with Gasteiger partial charge in [0.25, 0.3) is 5.91 Å². The van der Waals surface area contributed by atoms with Crippen molar-refractivity contribution < 1.29 is 19.4 Å². The maximum Gasteiger partial charge on any atom is 0.252 e. The molecule has 0 radical (unpaired) electrons. The number of rotatable bonds is 8. The van der Waals surface area contributed by atoms with Crippen molar-refractivity contribution in [3.8, 4) is 11.5 Å². The van der Waals surface area contributed by atoms with E-state index in [1.54, 1.807) is 36.4 Å². The molecule has 142 valence electrons. The number of hydrogen-bond donors (Lipinski definition) is 3. The third kappa shape index (κ3) is 6.31. The first-order chi connectivity index (χ1) is 13.0. The Labute approximate surface area is 162 Å². The molecule has 0 saturated heterocycles. The van der Waals surface area contributed by atoms with Gasteiger partial charge in [-0.05, 0) is 42.3 Å². The van der Waals surface area contributed by atoms with Gasteiger partial charge in [0.2, 0.25) is 5.91 Å². The van der Waals surface area contributed by atoms with Crippen LogP contribution in [0.4, 0.5) is 0 Å². The fourth-order valence-corrected chi connectivity index (χ4v) is 2.42. The number of hydrogen-bond acceptors (Lipinski definition) is 5. The van der Waals surface area contributed by atoms with Gasteiger partial charge in [-0.1, -0.05) is 23.7 Å². The zero-order chi connectivity index (χ0) is 19.6. The topological polar surface area (TPSA) is 100 Å². The van der Waals surface area contributed by atoms with Gasteiger partial charge in [0.05, 0.1) is 23.9 Å². The van der Waals surface area contributed by atoms with Crippen molar-refractivity contribution >= 4 is 29.6 Å². The quantitative estimate of drug-likeness (QED) is 0.367. The zero-order valence-corrected chi connectivity index (χ0v) is 15.5. The predicted octanol–water partition coefficient (Wildman–Crippen LogP) is 2.71. The number of carbonyl (C=O) groups excluding carboxylic acids is 2. The molecule has 8 heteroatoms. The number of phenols is 1. The Morgan fingerprint density at radius 1 is 1.26 bits per heavy atom. The van der Waals surface area contributed by atoms with Crippen LogP contribution >= 0.6 is 11.6 Å². The molecule has 0 bridgehead atoms. The van der Waals surface area contributed by atoms with E-state index in [9.17, 15) is 14.7 Å². The minimum atomic E-state index is -0.277. The standard InChI is InChI=1S/C19H20ClN3O4/c1-27-17-11-13(8-9-16(17)24)12-22-23-18(25)7-4-10-21-19(26)14-5-2-3-6-15(14)20/h2-3,5-6,8-9,11-12,24H,4,7,10H2,1H3,(H,21,26)(H,23,25)/b22-12+. The summed E-state index contributed by atoms with van der Waals surface area (Å²) < 4.78 is 5.00. The van der Waals surface area contributed by atoms with Gasteiger partial charge in [-0.3, -0.25) is 9.59 Å². The van der Waals surface area contributed by atoms with Gasteiger partial charge < -0.3 is 15.2 Å². The second-order valence-corrected chi connectivity index (χ2v) is 5.97. The van der Waals surface area contributed by atoms with Gasteiger partial charge in [-0.25, -0.2) is 5.43 Å². The maximum absolute atomic E-state index is 12.0. The van der Waals surface area contributed by atoms with Crippen LogP contribution in [0, 0.1) is 0 Å². The summed E-state index contributed by atoms with van der Waals surface area (Å²) in [5.41, 5.74) is 3.47. The van der Waals surface area contributed by atoms with Crippen molar-refractivity contribution in [2.45, 2.75) is 12.8 Å². The molecule has 27 heavy (non-hydrogen) atoms. The van der Waals surface area contributed by atoms with Crippen LogP contribution in [0.1, 0.15) is 28.8 Å². The van der Waals surface area contributed by atoms with E-state index in [-0.39, 0.29) is 24.0 Å². The average molecular weight is 390 g/mol. The number of amides is 2. The lowest BCUT2D eigenvalue weighted by Crippen LogP contribution is -2.26. The van der Waals surface area contributed by atoms with Crippen LogP contribution in [0.5, 0.6) is 11.5 Å². The summed E-state index contributed by atoms with van der Waals surface area (Å²) in [6, 6.07) is 11.5. The molecule has 7 nitrogen and oxygen atoms in total. The molecule has 0 fully saturated rings. The monoisotopic (exact) mass is 389 g/mol. The van der Waals surface area contributed by atoms with E-state index in [0.717, 1.165) is 0 Å². The van der Waals surface area contributed by atoms with Crippen molar-refractivity contribution in [1.82, 2.24) is 10.7 Å². The van der Waals surface area contributed by atoms with Crippen LogP contribution in [-0.4, -0.2) is 36.8 Å². The smallest absolute Gasteiger partial charge is 0.252 e. The van der Waals surface area contributed by atoms with Crippen molar-refractivity contribution in [3.05, 3.63) is 58.6 Å². The number of phenolic OH excluding ortho intramolecular Hbond substituents is 1. The van der Waals surface area contributed by atoms with Crippen LogP contribution < -0.4 is 15.5 Å². The minimum Gasteiger partial charge on any atom is -0.504 e. The lowest BCUT2D eigenvalue weighted by atomic mass is 10.2. The highest BCUT2D eigenvalue weighted by Gasteiger charge is 2.09. The van der Waals surface area contributed by atoms with E-state index in [1.165, 1.54) is 19.4 Å². The fourth-order valence-electron chi connectivity index (χ4n) is 2.20. The highest BCUT2D eigenvalue weighted by molar-refractivity contribution is 6.33. The van der Waals surface area contributed by atoms with E-state index in [1.807, 2.05) is 0 Å². The number of benzene rings is 2. The maximum atomic E-state index is 12.0. The first-order valence-electron chi connectivity index (χ1n) is 8.23. The van der Waals surface area contributed by atoms with Gasteiger partial charge in [0.15, 0.2) is 11.5 Å². The molecule has 0 saturated carbocycles. The summed E-state index contributed by atoms with van der Waals surface area (Å²) in [7, 11) is 1.45. The van der Waals surface area contributed by atoms with E-state index in [4.69, 9.17) is 16.3 Å². The molecule has 0 aliphatic rings. The Kier molecular flexibility index (Phi) is 7.63. The molecule has 2 aromatic rings. The third-order valence-electron chi connectivity index (χ3n) is 3.59. The Morgan fingerprint density at radius 3 is 2.78 bits per heavy atom. The molecule has 0 unspecified atom stereocenters. The molecule has 2 rings (SSSR count). The lowest BCUT2D eigenvalue weighted by molar-refractivity contribution is -0.121. The number of hydrazone groups is 1. The molecule has 0 aliphatic carbocycles. The number of carbonyl (C=O) groups is 2. The summed E-state index contributed by atoms with van der Waals surface area (Å²) in [6.45, 7) is 0.344. The highest BCUT2D eigenvalue weighted by atomic mass is 35.5. The number of halogens is 1. The van der Waals surface area contributed by atoms with Crippen LogP contribution in [0.25, 0.3) is 0 Å². The van der Waals surface area contributed by atoms with Gasteiger partial charge in [-0.2, -0.15) is 5.10 Å². The Balaban J connectivity index is 1.70.